The molecule has 1 rings (SSSR count). The molecule has 0 aliphatic heterocycles. The van der Waals surface area contributed by atoms with Crippen molar-refractivity contribution in [3.8, 4) is 0 Å². The van der Waals surface area contributed by atoms with E-state index in [1.165, 1.54) is 12.1 Å². The van der Waals surface area contributed by atoms with Crippen molar-refractivity contribution in [3.63, 3.8) is 0 Å². The van der Waals surface area contributed by atoms with Gasteiger partial charge in [0.2, 0.25) is 0 Å². The molecule has 0 aliphatic carbocycles. The summed E-state index contributed by atoms with van der Waals surface area (Å²) in [6.45, 7) is 11.8. The van der Waals surface area contributed by atoms with Crippen molar-refractivity contribution in [2.24, 2.45) is 11.3 Å². The second-order valence-corrected chi connectivity index (χ2v) is 6.74. The lowest BCUT2D eigenvalue weighted by Gasteiger charge is -2.31. The van der Waals surface area contributed by atoms with E-state index in [-0.39, 0.29) is 11.5 Å². The third kappa shape index (κ3) is 5.58. The first-order valence-electron chi connectivity index (χ1n) is 7.40. The molecule has 0 aromatic heterocycles. The molecule has 0 radical (unpaired) electrons. The highest BCUT2D eigenvalue weighted by Crippen LogP contribution is 2.29. The fourth-order valence-corrected chi connectivity index (χ4v) is 2.32. The molecular formula is C17H27F2N. The first-order valence-corrected chi connectivity index (χ1v) is 7.40. The Balaban J connectivity index is 2.76. The monoisotopic (exact) mass is 283 g/mol. The van der Waals surface area contributed by atoms with Gasteiger partial charge in [0.15, 0.2) is 0 Å². The van der Waals surface area contributed by atoms with Gasteiger partial charge >= 0.3 is 0 Å². The van der Waals surface area contributed by atoms with E-state index in [1.807, 2.05) is 0 Å². The van der Waals surface area contributed by atoms with E-state index in [2.05, 4.69) is 39.9 Å². The molecule has 20 heavy (non-hydrogen) atoms. The van der Waals surface area contributed by atoms with Gasteiger partial charge in [-0.3, -0.25) is 0 Å². The van der Waals surface area contributed by atoms with Gasteiger partial charge in [0.25, 0.3) is 0 Å². The lowest BCUT2D eigenvalue weighted by atomic mass is 9.78. The quantitative estimate of drug-likeness (QED) is 0.807. The van der Waals surface area contributed by atoms with Crippen molar-refractivity contribution in [2.45, 2.75) is 53.5 Å². The van der Waals surface area contributed by atoms with E-state index in [4.69, 9.17) is 0 Å². The summed E-state index contributed by atoms with van der Waals surface area (Å²) >= 11 is 0. The Bertz CT molecular complexity index is 403. The number of nitrogens with one attached hydrogen (secondary N) is 1. The zero-order valence-electron chi connectivity index (χ0n) is 13.3. The van der Waals surface area contributed by atoms with Crippen molar-refractivity contribution in [1.82, 2.24) is 5.32 Å². The minimum absolute atomic E-state index is 0.237. The summed E-state index contributed by atoms with van der Waals surface area (Å²) in [4.78, 5) is 0. The smallest absolute Gasteiger partial charge is 0.126 e. The van der Waals surface area contributed by atoms with Crippen LogP contribution in [0.5, 0.6) is 0 Å². The van der Waals surface area contributed by atoms with Crippen molar-refractivity contribution in [1.29, 1.82) is 0 Å². The lowest BCUT2D eigenvalue weighted by molar-refractivity contribution is 0.222. The first-order chi connectivity index (χ1) is 9.22. The molecule has 0 saturated carbocycles. The Hall–Kier alpha value is -0.960. The van der Waals surface area contributed by atoms with Gasteiger partial charge in [0, 0.05) is 12.1 Å². The molecule has 0 bridgehead atoms. The fraction of sp³-hybridized carbons (Fsp3) is 0.647. The lowest BCUT2D eigenvalue weighted by Crippen LogP contribution is -2.35. The third-order valence-corrected chi connectivity index (χ3v) is 4.01. The van der Waals surface area contributed by atoms with E-state index in [9.17, 15) is 8.78 Å². The Labute approximate surface area is 121 Å². The predicted molar refractivity (Wildman–Crippen MR) is 80.8 cm³/mol. The molecule has 0 fully saturated rings. The van der Waals surface area contributed by atoms with Gasteiger partial charge < -0.3 is 5.32 Å². The van der Waals surface area contributed by atoms with Gasteiger partial charge in [0.05, 0.1) is 0 Å². The maximum atomic E-state index is 13.3. The second kappa shape index (κ2) is 7.16. The summed E-state index contributed by atoms with van der Waals surface area (Å²) in [5.74, 6) is -0.469. The number of likely N-dealkylation sites (N-methyl/N-ethyl adjacent to an activating group) is 1. The van der Waals surface area contributed by atoms with E-state index in [0.717, 1.165) is 24.6 Å². The molecule has 0 heterocycles. The molecule has 0 spiro atoms. The summed E-state index contributed by atoms with van der Waals surface area (Å²) in [5, 5.41) is 3.43. The Morgan fingerprint density at radius 1 is 1.10 bits per heavy atom. The Morgan fingerprint density at radius 2 is 1.65 bits per heavy atom. The summed E-state index contributed by atoms with van der Waals surface area (Å²) in [5.41, 5.74) is 0.954. The number of rotatable bonds is 6. The highest BCUT2D eigenvalue weighted by atomic mass is 19.1. The molecule has 0 amide bonds. The maximum Gasteiger partial charge on any atom is 0.126 e. The van der Waals surface area contributed by atoms with Gasteiger partial charge in [-0.2, -0.15) is 0 Å². The van der Waals surface area contributed by atoms with Crippen LogP contribution in [0.3, 0.4) is 0 Å². The summed E-state index contributed by atoms with van der Waals surface area (Å²) in [7, 11) is 0. The van der Waals surface area contributed by atoms with Crippen LogP contribution in [0, 0.1) is 23.0 Å². The summed E-state index contributed by atoms with van der Waals surface area (Å²) in [6, 6.07) is 4.02. The zero-order chi connectivity index (χ0) is 15.3. The SMILES string of the molecule is CCNC(Cc1cc(F)cc(F)c1)CC(C)C(C)(C)C. The van der Waals surface area contributed by atoms with Crippen LogP contribution in [-0.2, 0) is 6.42 Å². The molecule has 3 heteroatoms. The Morgan fingerprint density at radius 3 is 2.10 bits per heavy atom. The van der Waals surface area contributed by atoms with Crippen LogP contribution in [0.25, 0.3) is 0 Å². The van der Waals surface area contributed by atoms with Gasteiger partial charge in [-0.25, -0.2) is 8.78 Å². The van der Waals surface area contributed by atoms with Crippen LogP contribution in [-0.4, -0.2) is 12.6 Å². The summed E-state index contributed by atoms with van der Waals surface area (Å²) in [6.07, 6.45) is 1.65. The van der Waals surface area contributed by atoms with Gasteiger partial charge in [0.1, 0.15) is 11.6 Å². The second-order valence-electron chi connectivity index (χ2n) is 6.74. The number of hydrogen-bond acceptors (Lipinski definition) is 1. The maximum absolute atomic E-state index is 13.3. The molecule has 1 N–H and O–H groups in total. The molecule has 114 valence electrons. The van der Waals surface area contributed by atoms with E-state index >= 15 is 0 Å². The zero-order valence-corrected chi connectivity index (χ0v) is 13.3. The fourth-order valence-electron chi connectivity index (χ4n) is 2.32. The largest absolute Gasteiger partial charge is 0.314 e. The van der Waals surface area contributed by atoms with Crippen molar-refractivity contribution < 1.29 is 8.78 Å². The van der Waals surface area contributed by atoms with E-state index < -0.39 is 11.6 Å². The van der Waals surface area contributed by atoms with Crippen LogP contribution >= 0.6 is 0 Å². The predicted octanol–water partition coefficient (Wildman–Crippen LogP) is 4.56. The molecule has 2 unspecified atom stereocenters. The van der Waals surface area contributed by atoms with E-state index in [0.29, 0.717) is 12.3 Å². The minimum Gasteiger partial charge on any atom is -0.314 e. The number of hydrogen-bond donors (Lipinski definition) is 1. The minimum atomic E-state index is -0.501. The van der Waals surface area contributed by atoms with Crippen LogP contribution < -0.4 is 5.32 Å². The molecule has 1 aromatic rings. The Kier molecular flexibility index (Phi) is 6.12. The first kappa shape index (κ1) is 17.1. The van der Waals surface area contributed by atoms with Crippen LogP contribution in [0.1, 0.15) is 46.6 Å². The highest BCUT2D eigenvalue weighted by molar-refractivity contribution is 5.19. The molecular weight excluding hydrogens is 256 g/mol. The normalized spacial score (nSPS) is 15.2. The average Bonchev–Trinajstić information content (AvgIpc) is 2.26. The third-order valence-electron chi connectivity index (χ3n) is 4.01. The molecule has 2 atom stereocenters. The van der Waals surface area contributed by atoms with Crippen molar-refractivity contribution >= 4 is 0 Å². The molecule has 0 aliphatic rings. The van der Waals surface area contributed by atoms with Crippen LogP contribution in [0.15, 0.2) is 18.2 Å². The summed E-state index contributed by atoms with van der Waals surface area (Å²) < 4.78 is 26.5. The number of benzene rings is 1. The number of halogens is 2. The topological polar surface area (TPSA) is 12.0 Å². The standard InChI is InChI=1S/C17H27F2N/c1-6-20-16(7-12(2)17(3,4)5)10-13-8-14(18)11-15(19)9-13/h8-9,11-12,16,20H,6-7,10H2,1-5H3. The van der Waals surface area contributed by atoms with Gasteiger partial charge in [-0.1, -0.05) is 34.6 Å². The van der Waals surface area contributed by atoms with Gasteiger partial charge in [-0.05, 0) is 48.4 Å². The molecule has 1 aromatic carbocycles. The van der Waals surface area contributed by atoms with Crippen LogP contribution in [0.4, 0.5) is 8.78 Å². The highest BCUT2D eigenvalue weighted by Gasteiger charge is 2.23. The van der Waals surface area contributed by atoms with Gasteiger partial charge in [-0.15, -0.1) is 0 Å². The van der Waals surface area contributed by atoms with Crippen molar-refractivity contribution in [3.05, 3.63) is 35.4 Å². The van der Waals surface area contributed by atoms with Crippen LogP contribution in [0.2, 0.25) is 0 Å². The van der Waals surface area contributed by atoms with E-state index in [1.54, 1.807) is 0 Å². The van der Waals surface area contributed by atoms with Crippen molar-refractivity contribution in [2.75, 3.05) is 6.54 Å². The molecule has 0 saturated heterocycles. The molecule has 1 nitrogen and oxygen atoms in total. The average molecular weight is 283 g/mol.